The zero-order chi connectivity index (χ0) is 7.72. The predicted octanol–water partition coefficient (Wildman–Crippen LogP) is -1.61. The standard InChI is InChI=1S/C5H9FO4/c6-5-4(9)3(8)2(7)1-10-5/h2-5,7-9H,1H2. The third kappa shape index (κ3) is 1.27. The average molecular weight is 152 g/mol. The number of aliphatic hydroxyl groups is 3. The summed E-state index contributed by atoms with van der Waals surface area (Å²) >= 11 is 0. The predicted molar refractivity (Wildman–Crippen MR) is 28.9 cm³/mol. The first-order chi connectivity index (χ1) is 4.63. The molecule has 1 saturated heterocycles. The van der Waals surface area contributed by atoms with E-state index in [9.17, 15) is 4.39 Å². The number of ether oxygens (including phenoxy) is 1. The SMILES string of the molecule is OC1COC(F)C(O)C1O. The van der Waals surface area contributed by atoms with Crippen molar-refractivity contribution in [1.29, 1.82) is 0 Å². The summed E-state index contributed by atoms with van der Waals surface area (Å²) in [6, 6.07) is 0. The van der Waals surface area contributed by atoms with Crippen molar-refractivity contribution in [3.63, 3.8) is 0 Å². The van der Waals surface area contributed by atoms with Gasteiger partial charge in [-0.15, -0.1) is 0 Å². The van der Waals surface area contributed by atoms with Crippen molar-refractivity contribution in [3.05, 3.63) is 0 Å². The number of halogens is 1. The summed E-state index contributed by atoms with van der Waals surface area (Å²) in [6.45, 7) is -0.278. The smallest absolute Gasteiger partial charge is 0.227 e. The molecule has 1 rings (SSSR count). The van der Waals surface area contributed by atoms with Crippen LogP contribution in [0.25, 0.3) is 0 Å². The number of rotatable bonds is 0. The zero-order valence-electron chi connectivity index (χ0n) is 5.14. The van der Waals surface area contributed by atoms with Crippen LogP contribution in [-0.4, -0.2) is 46.6 Å². The molecular weight excluding hydrogens is 143 g/mol. The number of hydrogen-bond donors (Lipinski definition) is 3. The molecule has 10 heavy (non-hydrogen) atoms. The average Bonchev–Trinajstić information content (AvgIpc) is 1.93. The molecule has 0 amide bonds. The highest BCUT2D eigenvalue weighted by Crippen LogP contribution is 2.15. The van der Waals surface area contributed by atoms with E-state index >= 15 is 0 Å². The minimum Gasteiger partial charge on any atom is -0.388 e. The van der Waals surface area contributed by atoms with Gasteiger partial charge in [-0.25, -0.2) is 4.39 Å². The maximum Gasteiger partial charge on any atom is 0.227 e. The van der Waals surface area contributed by atoms with Crippen LogP contribution >= 0.6 is 0 Å². The molecule has 0 radical (unpaired) electrons. The normalized spacial score (nSPS) is 49.2. The van der Waals surface area contributed by atoms with Gasteiger partial charge in [0.1, 0.15) is 18.3 Å². The van der Waals surface area contributed by atoms with Crippen LogP contribution in [0.5, 0.6) is 0 Å². The van der Waals surface area contributed by atoms with Crippen molar-refractivity contribution in [2.45, 2.75) is 24.7 Å². The van der Waals surface area contributed by atoms with Crippen molar-refractivity contribution in [3.8, 4) is 0 Å². The van der Waals surface area contributed by atoms with Crippen LogP contribution in [0.15, 0.2) is 0 Å². The lowest BCUT2D eigenvalue weighted by molar-refractivity contribution is -0.224. The summed E-state index contributed by atoms with van der Waals surface area (Å²) in [4.78, 5) is 0. The van der Waals surface area contributed by atoms with Gasteiger partial charge in [0.05, 0.1) is 6.61 Å². The quantitative estimate of drug-likeness (QED) is 0.391. The van der Waals surface area contributed by atoms with Crippen molar-refractivity contribution >= 4 is 0 Å². The van der Waals surface area contributed by atoms with Crippen LogP contribution < -0.4 is 0 Å². The van der Waals surface area contributed by atoms with E-state index in [1.54, 1.807) is 0 Å². The Bertz CT molecular complexity index is 106. The molecular formula is C5H9FO4. The first kappa shape index (κ1) is 7.87. The van der Waals surface area contributed by atoms with Gasteiger partial charge in [0.25, 0.3) is 0 Å². The van der Waals surface area contributed by atoms with Crippen molar-refractivity contribution in [2.75, 3.05) is 6.61 Å². The summed E-state index contributed by atoms with van der Waals surface area (Å²) in [5, 5.41) is 26.3. The van der Waals surface area contributed by atoms with Crippen molar-refractivity contribution in [1.82, 2.24) is 0 Å². The first-order valence-electron chi connectivity index (χ1n) is 2.93. The van der Waals surface area contributed by atoms with Crippen LogP contribution in [0.3, 0.4) is 0 Å². The fraction of sp³-hybridized carbons (Fsp3) is 1.00. The van der Waals surface area contributed by atoms with Crippen LogP contribution in [-0.2, 0) is 4.74 Å². The molecule has 0 saturated carbocycles. The molecule has 5 heteroatoms. The highest BCUT2D eigenvalue weighted by molar-refractivity contribution is 4.81. The van der Waals surface area contributed by atoms with Crippen LogP contribution in [0.4, 0.5) is 4.39 Å². The van der Waals surface area contributed by atoms with E-state index in [1.165, 1.54) is 0 Å². The Hall–Kier alpha value is -0.230. The maximum atomic E-state index is 12.3. The van der Waals surface area contributed by atoms with Gasteiger partial charge in [-0.2, -0.15) is 0 Å². The summed E-state index contributed by atoms with van der Waals surface area (Å²) in [7, 11) is 0. The second-order valence-corrected chi connectivity index (χ2v) is 2.23. The van der Waals surface area contributed by atoms with E-state index in [2.05, 4.69) is 4.74 Å². The third-order valence-corrected chi connectivity index (χ3v) is 1.44. The van der Waals surface area contributed by atoms with Crippen LogP contribution in [0.2, 0.25) is 0 Å². The maximum absolute atomic E-state index is 12.3. The highest BCUT2D eigenvalue weighted by atomic mass is 19.1. The molecule has 1 fully saturated rings. The highest BCUT2D eigenvalue weighted by Gasteiger charge is 2.37. The van der Waals surface area contributed by atoms with Crippen LogP contribution in [0, 0.1) is 0 Å². The second kappa shape index (κ2) is 2.79. The number of aliphatic hydroxyl groups excluding tert-OH is 3. The minimum absolute atomic E-state index is 0.278. The summed E-state index contributed by atoms with van der Waals surface area (Å²) in [5.41, 5.74) is 0. The van der Waals surface area contributed by atoms with Crippen molar-refractivity contribution in [2.24, 2.45) is 0 Å². The fourth-order valence-electron chi connectivity index (χ4n) is 0.770. The minimum atomic E-state index is -1.89. The van der Waals surface area contributed by atoms with Gasteiger partial charge in [0.2, 0.25) is 6.36 Å². The van der Waals surface area contributed by atoms with E-state index in [4.69, 9.17) is 15.3 Å². The summed E-state index contributed by atoms with van der Waals surface area (Å²) in [6.07, 6.45) is -6.16. The topological polar surface area (TPSA) is 69.9 Å². The monoisotopic (exact) mass is 152 g/mol. The largest absolute Gasteiger partial charge is 0.388 e. The van der Waals surface area contributed by atoms with Gasteiger partial charge < -0.3 is 20.1 Å². The lowest BCUT2D eigenvalue weighted by atomic mass is 10.1. The van der Waals surface area contributed by atoms with Gasteiger partial charge in [-0.05, 0) is 0 Å². The van der Waals surface area contributed by atoms with E-state index in [0.29, 0.717) is 0 Å². The van der Waals surface area contributed by atoms with Gasteiger partial charge in [0, 0.05) is 0 Å². The molecule has 60 valence electrons. The summed E-state index contributed by atoms with van der Waals surface area (Å²) < 4.78 is 16.5. The molecule has 0 bridgehead atoms. The van der Waals surface area contributed by atoms with Gasteiger partial charge in [-0.3, -0.25) is 0 Å². The third-order valence-electron chi connectivity index (χ3n) is 1.44. The molecule has 0 aliphatic carbocycles. The molecule has 4 nitrogen and oxygen atoms in total. The van der Waals surface area contributed by atoms with Crippen LogP contribution in [0.1, 0.15) is 0 Å². The molecule has 0 aromatic rings. The Labute approximate surface area is 56.9 Å². The summed E-state index contributed by atoms with van der Waals surface area (Å²) in [5.74, 6) is 0. The van der Waals surface area contributed by atoms with E-state index < -0.39 is 24.7 Å². The van der Waals surface area contributed by atoms with Crippen molar-refractivity contribution < 1.29 is 24.4 Å². The molecule has 4 unspecified atom stereocenters. The van der Waals surface area contributed by atoms with E-state index in [1.807, 2.05) is 0 Å². The molecule has 0 aromatic carbocycles. The Morgan fingerprint density at radius 3 is 2.30 bits per heavy atom. The first-order valence-corrected chi connectivity index (χ1v) is 2.93. The molecule has 4 atom stereocenters. The van der Waals surface area contributed by atoms with Gasteiger partial charge >= 0.3 is 0 Å². The second-order valence-electron chi connectivity index (χ2n) is 2.23. The molecule has 0 aromatic heterocycles. The molecule has 1 aliphatic heterocycles. The Kier molecular flexibility index (Phi) is 2.20. The fourth-order valence-corrected chi connectivity index (χ4v) is 0.770. The molecule has 1 aliphatic rings. The number of hydrogen-bond acceptors (Lipinski definition) is 4. The molecule has 3 N–H and O–H groups in total. The Morgan fingerprint density at radius 2 is 1.80 bits per heavy atom. The van der Waals surface area contributed by atoms with Gasteiger partial charge in [0.15, 0.2) is 0 Å². The Morgan fingerprint density at radius 1 is 1.20 bits per heavy atom. The van der Waals surface area contributed by atoms with Gasteiger partial charge in [-0.1, -0.05) is 0 Å². The molecule has 1 heterocycles. The number of alkyl halides is 1. The molecule has 0 spiro atoms. The zero-order valence-corrected chi connectivity index (χ0v) is 5.14. The lowest BCUT2D eigenvalue weighted by Gasteiger charge is -2.30. The lowest BCUT2D eigenvalue weighted by Crippen LogP contribution is -2.51. The Balaban J connectivity index is 2.52. The van der Waals surface area contributed by atoms with E-state index in [-0.39, 0.29) is 6.61 Å². The van der Waals surface area contributed by atoms with E-state index in [0.717, 1.165) is 0 Å².